The molecule has 0 spiro atoms. The van der Waals surface area contributed by atoms with E-state index < -0.39 is 5.82 Å². The molecule has 28 heavy (non-hydrogen) atoms. The summed E-state index contributed by atoms with van der Waals surface area (Å²) in [5.74, 6) is -0.411. The van der Waals surface area contributed by atoms with Crippen molar-refractivity contribution in [2.45, 2.75) is 38.6 Å². The molecular weight excluding hydrogens is 383 g/mol. The van der Waals surface area contributed by atoms with Gasteiger partial charge >= 0.3 is 0 Å². The molecule has 0 saturated carbocycles. The Hall–Kier alpha value is -2.39. The molecule has 0 bridgehead atoms. The number of anilines is 1. The van der Waals surface area contributed by atoms with E-state index in [-0.39, 0.29) is 30.7 Å². The van der Waals surface area contributed by atoms with Crippen LogP contribution in [0, 0.1) is 11.7 Å². The van der Waals surface area contributed by atoms with E-state index in [1.807, 2.05) is 0 Å². The van der Waals surface area contributed by atoms with Crippen molar-refractivity contribution in [3.05, 3.63) is 42.0 Å². The molecule has 1 heterocycles. The summed E-state index contributed by atoms with van der Waals surface area (Å²) in [7, 11) is 0. The van der Waals surface area contributed by atoms with Crippen molar-refractivity contribution < 1.29 is 19.1 Å². The zero-order chi connectivity index (χ0) is 20.5. The highest BCUT2D eigenvalue weighted by Crippen LogP contribution is 2.19. The fourth-order valence-corrected chi connectivity index (χ4v) is 3.19. The average molecular weight is 408 g/mol. The highest BCUT2D eigenvalue weighted by Gasteiger charge is 2.15. The van der Waals surface area contributed by atoms with Gasteiger partial charge in [0.25, 0.3) is 0 Å². The third-order valence-corrected chi connectivity index (χ3v) is 4.84. The number of nitrogens with zero attached hydrogens (tertiary/aromatic N) is 2. The quantitative estimate of drug-likeness (QED) is 0.525. The van der Waals surface area contributed by atoms with Crippen molar-refractivity contribution in [3.63, 3.8) is 0 Å². The molecule has 0 aliphatic carbocycles. The number of benzene rings is 1. The van der Waals surface area contributed by atoms with Gasteiger partial charge in [0.1, 0.15) is 12.4 Å². The molecule has 2 rings (SSSR count). The molecule has 1 aromatic heterocycles. The first-order valence-electron chi connectivity index (χ1n) is 8.99. The van der Waals surface area contributed by atoms with Crippen LogP contribution in [0.5, 0.6) is 0 Å². The first kappa shape index (κ1) is 21.9. The molecule has 0 aliphatic rings. The molecule has 3 N–H and O–H groups in total. The van der Waals surface area contributed by atoms with Crippen molar-refractivity contribution in [2.75, 3.05) is 17.6 Å². The minimum absolute atomic E-state index is 0.0157. The summed E-state index contributed by atoms with van der Waals surface area (Å²) in [6.07, 6.45) is 2.36. The van der Waals surface area contributed by atoms with Gasteiger partial charge in [0.05, 0.1) is 24.3 Å². The number of rotatable bonds is 10. The lowest BCUT2D eigenvalue weighted by Crippen LogP contribution is -2.30. The largest absolute Gasteiger partial charge is 0.390 e. The van der Waals surface area contributed by atoms with Gasteiger partial charge in [-0.3, -0.25) is 9.59 Å². The molecule has 2 amide bonds. The lowest BCUT2D eigenvalue weighted by atomic mass is 10.1. The molecule has 1 aromatic carbocycles. The van der Waals surface area contributed by atoms with E-state index in [1.165, 1.54) is 24.4 Å². The summed E-state index contributed by atoms with van der Waals surface area (Å²) in [5, 5.41) is 15.4. The fourth-order valence-electron chi connectivity index (χ4n) is 2.40. The molecule has 0 atom stereocenters. The third kappa shape index (κ3) is 6.97. The second-order valence-electron chi connectivity index (χ2n) is 6.66. The molecule has 0 fully saturated rings. The lowest BCUT2D eigenvalue weighted by Gasteiger charge is -2.12. The molecule has 0 unspecified atom stereocenters. The van der Waals surface area contributed by atoms with Crippen LogP contribution in [-0.4, -0.2) is 38.8 Å². The Balaban J connectivity index is 1.93. The van der Waals surface area contributed by atoms with Crippen molar-refractivity contribution >= 4 is 29.3 Å². The molecule has 7 nitrogen and oxygen atoms in total. The summed E-state index contributed by atoms with van der Waals surface area (Å²) >= 11 is 1.14. The van der Waals surface area contributed by atoms with Crippen molar-refractivity contribution in [3.8, 4) is 0 Å². The maximum atomic E-state index is 13.2. The topological polar surface area (TPSA) is 96.2 Å². The molecule has 9 heteroatoms. The van der Waals surface area contributed by atoms with E-state index in [4.69, 9.17) is 0 Å². The highest BCUT2D eigenvalue weighted by atomic mass is 32.2. The minimum Gasteiger partial charge on any atom is -0.390 e. The van der Waals surface area contributed by atoms with Gasteiger partial charge in [-0.25, -0.2) is 9.37 Å². The summed E-state index contributed by atoms with van der Waals surface area (Å²) in [6, 6.07) is 5.63. The Bertz CT molecular complexity index is 810. The first-order valence-corrected chi connectivity index (χ1v) is 9.97. The number of nitrogens with one attached hydrogen (secondary N) is 2. The smallest absolute Gasteiger partial charge is 0.240 e. The van der Waals surface area contributed by atoms with Gasteiger partial charge in [0.2, 0.25) is 11.8 Å². The van der Waals surface area contributed by atoms with Gasteiger partial charge in [-0.05, 0) is 30.5 Å². The van der Waals surface area contributed by atoms with Gasteiger partial charge in [-0.1, -0.05) is 31.7 Å². The van der Waals surface area contributed by atoms with Gasteiger partial charge in [-0.15, -0.1) is 0 Å². The Morgan fingerprint density at radius 3 is 2.79 bits per heavy atom. The monoisotopic (exact) mass is 408 g/mol. The number of halogens is 1. The normalized spacial score (nSPS) is 10.9. The van der Waals surface area contributed by atoms with Crippen LogP contribution < -0.4 is 10.6 Å². The molecule has 0 aliphatic heterocycles. The number of carbonyl (C=O) groups excluding carboxylic acids is 2. The number of thioether (sulfide) groups is 1. The van der Waals surface area contributed by atoms with Gasteiger partial charge < -0.3 is 20.3 Å². The maximum absolute atomic E-state index is 13.2. The van der Waals surface area contributed by atoms with Crippen LogP contribution in [0.2, 0.25) is 0 Å². The zero-order valence-electron chi connectivity index (χ0n) is 15.9. The van der Waals surface area contributed by atoms with E-state index in [1.54, 1.807) is 10.6 Å². The van der Waals surface area contributed by atoms with Gasteiger partial charge in [-0.2, -0.15) is 0 Å². The van der Waals surface area contributed by atoms with Crippen molar-refractivity contribution in [1.82, 2.24) is 14.9 Å². The minimum atomic E-state index is -0.433. The summed E-state index contributed by atoms with van der Waals surface area (Å²) in [4.78, 5) is 28.4. The Kier molecular flexibility index (Phi) is 8.46. The van der Waals surface area contributed by atoms with Crippen molar-refractivity contribution in [2.24, 2.45) is 5.92 Å². The Morgan fingerprint density at radius 1 is 1.32 bits per heavy atom. The number of aliphatic hydroxyl groups is 1. The van der Waals surface area contributed by atoms with Gasteiger partial charge in [0.15, 0.2) is 5.16 Å². The Morgan fingerprint density at radius 2 is 2.11 bits per heavy atom. The number of imidazole rings is 1. The first-order chi connectivity index (χ1) is 13.4. The predicted octanol–water partition coefficient (Wildman–Crippen LogP) is 2.41. The number of aliphatic hydroxyl groups excluding tert-OH is 1. The summed E-state index contributed by atoms with van der Waals surface area (Å²) in [6.45, 7) is 4.49. The maximum Gasteiger partial charge on any atom is 0.240 e. The third-order valence-electron chi connectivity index (χ3n) is 3.85. The molecule has 0 radical (unpaired) electrons. The number of carbonyl (C=O) groups is 2. The SMILES string of the molecule is CC(C)CCNC(=O)Cn1c(CO)cnc1SCC(=O)Nc1cccc(F)c1. The number of amides is 2. The second-order valence-corrected chi connectivity index (χ2v) is 7.60. The van der Waals surface area contributed by atoms with Crippen LogP contribution in [0.25, 0.3) is 0 Å². The van der Waals surface area contributed by atoms with E-state index >= 15 is 0 Å². The number of aromatic nitrogens is 2. The van der Waals surface area contributed by atoms with Crippen LogP contribution in [0.3, 0.4) is 0 Å². The highest BCUT2D eigenvalue weighted by molar-refractivity contribution is 7.99. The van der Waals surface area contributed by atoms with Crippen LogP contribution in [-0.2, 0) is 22.7 Å². The van der Waals surface area contributed by atoms with Crippen LogP contribution in [0.4, 0.5) is 10.1 Å². The molecule has 0 saturated heterocycles. The van der Waals surface area contributed by atoms with Crippen LogP contribution >= 0.6 is 11.8 Å². The molecular formula is C19H25FN4O3S. The fraction of sp³-hybridized carbons (Fsp3) is 0.421. The second kappa shape index (κ2) is 10.8. The number of hydrogen-bond donors (Lipinski definition) is 3. The van der Waals surface area contributed by atoms with Crippen LogP contribution in [0.1, 0.15) is 26.0 Å². The summed E-state index contributed by atoms with van der Waals surface area (Å²) < 4.78 is 14.8. The Labute approximate surface area is 167 Å². The van der Waals surface area contributed by atoms with E-state index in [0.29, 0.717) is 29.0 Å². The lowest BCUT2D eigenvalue weighted by molar-refractivity contribution is -0.121. The standard InChI is InChI=1S/C19H25FN4O3S/c1-13(2)6-7-21-17(26)10-24-16(11-25)9-22-19(24)28-12-18(27)23-15-5-3-4-14(20)8-15/h3-5,8-9,13,25H,6-7,10-12H2,1-2H3,(H,21,26)(H,23,27). The van der Waals surface area contributed by atoms with Crippen LogP contribution in [0.15, 0.2) is 35.6 Å². The molecule has 152 valence electrons. The molecule has 2 aromatic rings. The average Bonchev–Trinajstić information content (AvgIpc) is 3.01. The van der Waals surface area contributed by atoms with E-state index in [9.17, 15) is 19.1 Å². The summed E-state index contributed by atoms with van der Waals surface area (Å²) in [5.41, 5.74) is 0.863. The zero-order valence-corrected chi connectivity index (χ0v) is 16.8. The predicted molar refractivity (Wildman–Crippen MR) is 106 cm³/mol. The van der Waals surface area contributed by atoms with E-state index in [2.05, 4.69) is 29.5 Å². The van der Waals surface area contributed by atoms with E-state index in [0.717, 1.165) is 18.2 Å². The van der Waals surface area contributed by atoms with Gasteiger partial charge in [0, 0.05) is 12.2 Å². The number of hydrogen-bond acceptors (Lipinski definition) is 5. The van der Waals surface area contributed by atoms with Crippen molar-refractivity contribution in [1.29, 1.82) is 0 Å².